The first kappa shape index (κ1) is 25.8. The molecule has 1 fully saturated rings. The summed E-state index contributed by atoms with van der Waals surface area (Å²) in [5.74, 6) is 0.491. The molecule has 0 spiro atoms. The van der Waals surface area contributed by atoms with Crippen molar-refractivity contribution < 1.29 is 32.9 Å². The van der Waals surface area contributed by atoms with Crippen molar-refractivity contribution in [2.24, 2.45) is 17.8 Å². The monoisotopic (exact) mass is 471 g/mol. The van der Waals surface area contributed by atoms with Crippen LogP contribution in [0.3, 0.4) is 0 Å². The third kappa shape index (κ3) is 7.34. The van der Waals surface area contributed by atoms with Crippen LogP contribution in [0.1, 0.15) is 63.0 Å². The van der Waals surface area contributed by atoms with Crippen molar-refractivity contribution in [1.82, 2.24) is 5.32 Å². The Morgan fingerprint density at radius 2 is 2.03 bits per heavy atom. The van der Waals surface area contributed by atoms with Gasteiger partial charge in [-0.1, -0.05) is 38.3 Å². The first-order valence-corrected chi connectivity index (χ1v) is 12.1. The van der Waals surface area contributed by atoms with Gasteiger partial charge in [0.05, 0.1) is 12.2 Å². The Morgan fingerprint density at radius 3 is 2.76 bits per heavy atom. The van der Waals surface area contributed by atoms with Crippen molar-refractivity contribution in [2.45, 2.75) is 83.1 Å². The second-order valence-electron chi connectivity index (χ2n) is 9.60. The molecule has 1 unspecified atom stereocenters. The Labute approximate surface area is 193 Å². The quantitative estimate of drug-likeness (QED) is 0.423. The molecule has 3 rings (SSSR count). The lowest BCUT2D eigenvalue weighted by atomic mass is 9.73. The molecule has 1 aromatic carbocycles. The molecule has 2 aliphatic carbocycles. The number of aliphatic hydroxyl groups is 2. The zero-order valence-corrected chi connectivity index (χ0v) is 19.2. The number of ether oxygens (including phenoxy) is 1. The molecular weight excluding hydrogens is 435 g/mol. The van der Waals surface area contributed by atoms with E-state index in [0.717, 1.165) is 49.7 Å². The Balaban J connectivity index is 1.57. The number of hydrogen-bond donors (Lipinski definition) is 3. The second kappa shape index (κ2) is 11.6. The molecule has 1 amide bonds. The lowest BCUT2D eigenvalue weighted by Gasteiger charge is -2.32. The summed E-state index contributed by atoms with van der Waals surface area (Å²) in [6, 6.07) is 5.59. The minimum absolute atomic E-state index is 0.154. The van der Waals surface area contributed by atoms with Crippen molar-refractivity contribution >= 4 is 5.91 Å². The van der Waals surface area contributed by atoms with Crippen LogP contribution in [0.5, 0.6) is 5.75 Å². The van der Waals surface area contributed by atoms with Gasteiger partial charge in [-0.2, -0.15) is 13.2 Å². The molecule has 186 valence electrons. The lowest BCUT2D eigenvalue weighted by Crippen LogP contribution is -2.36. The van der Waals surface area contributed by atoms with Gasteiger partial charge in [-0.05, 0) is 73.5 Å². The van der Waals surface area contributed by atoms with E-state index in [0.29, 0.717) is 36.8 Å². The standard InChI is InChI=1S/C25H36F3NO4/c1-2-3-4-7-18(30)9-10-19-20-11-16-6-5-8-23(21(16)12-17(20)13-22(19)31)33-14-24(32)29-15-25(26,27)28/h5-6,8,17-20,22,30-31H,2-4,7,9-15H2,1H3,(H,29,32)/t17-,18+,19?,20-,22+/m0/s1. The number of aliphatic hydroxyl groups excluding tert-OH is 2. The maximum absolute atomic E-state index is 12.3. The molecule has 0 aliphatic heterocycles. The van der Waals surface area contributed by atoms with Crippen LogP contribution in [0, 0.1) is 17.8 Å². The smallest absolute Gasteiger partial charge is 0.405 e. The van der Waals surface area contributed by atoms with E-state index in [1.54, 1.807) is 6.07 Å². The molecular formula is C25H36F3NO4. The number of alkyl halides is 3. The van der Waals surface area contributed by atoms with Crippen molar-refractivity contribution in [3.8, 4) is 5.75 Å². The molecule has 0 aromatic heterocycles. The van der Waals surface area contributed by atoms with Crippen molar-refractivity contribution in [3.63, 3.8) is 0 Å². The summed E-state index contributed by atoms with van der Waals surface area (Å²) >= 11 is 0. The molecule has 1 saturated carbocycles. The van der Waals surface area contributed by atoms with E-state index in [-0.39, 0.29) is 12.0 Å². The maximum atomic E-state index is 12.3. The number of rotatable bonds is 11. The van der Waals surface area contributed by atoms with Crippen LogP contribution < -0.4 is 10.1 Å². The summed E-state index contributed by atoms with van der Waals surface area (Å²) in [5.41, 5.74) is 2.09. The third-order valence-electron chi connectivity index (χ3n) is 7.16. The molecule has 2 aliphatic rings. The summed E-state index contributed by atoms with van der Waals surface area (Å²) in [5, 5.41) is 22.9. The molecule has 0 saturated heterocycles. The zero-order valence-electron chi connectivity index (χ0n) is 19.2. The Kier molecular flexibility index (Phi) is 9.04. The van der Waals surface area contributed by atoms with E-state index in [9.17, 15) is 28.2 Å². The van der Waals surface area contributed by atoms with E-state index < -0.39 is 31.3 Å². The second-order valence-corrected chi connectivity index (χ2v) is 9.60. The highest BCUT2D eigenvalue weighted by atomic mass is 19.4. The normalized spacial score (nSPS) is 25.3. The van der Waals surface area contributed by atoms with Crippen molar-refractivity contribution in [2.75, 3.05) is 13.2 Å². The molecule has 3 N–H and O–H groups in total. The predicted octanol–water partition coefficient (Wildman–Crippen LogP) is 4.18. The summed E-state index contributed by atoms with van der Waals surface area (Å²) in [6.07, 6.45) is 2.64. The number of amides is 1. The fourth-order valence-electron chi connectivity index (χ4n) is 5.49. The average molecular weight is 472 g/mol. The van der Waals surface area contributed by atoms with Crippen LogP contribution in [0.2, 0.25) is 0 Å². The van der Waals surface area contributed by atoms with Gasteiger partial charge in [0.15, 0.2) is 6.61 Å². The Hall–Kier alpha value is -1.80. The van der Waals surface area contributed by atoms with Gasteiger partial charge < -0.3 is 20.3 Å². The van der Waals surface area contributed by atoms with Gasteiger partial charge in [0.1, 0.15) is 12.3 Å². The molecule has 0 radical (unpaired) electrons. The lowest BCUT2D eigenvalue weighted by molar-refractivity contribution is -0.139. The number of unbranched alkanes of at least 4 members (excludes halogenated alkanes) is 2. The number of hydrogen-bond acceptors (Lipinski definition) is 4. The fraction of sp³-hybridized carbons (Fsp3) is 0.720. The predicted molar refractivity (Wildman–Crippen MR) is 119 cm³/mol. The maximum Gasteiger partial charge on any atom is 0.405 e. The highest BCUT2D eigenvalue weighted by Gasteiger charge is 2.44. The van der Waals surface area contributed by atoms with E-state index in [4.69, 9.17) is 4.74 Å². The summed E-state index contributed by atoms with van der Waals surface area (Å²) < 4.78 is 42.4. The minimum atomic E-state index is -4.46. The van der Waals surface area contributed by atoms with Crippen LogP contribution in [0.4, 0.5) is 13.2 Å². The van der Waals surface area contributed by atoms with E-state index in [1.165, 1.54) is 0 Å². The van der Waals surface area contributed by atoms with Crippen molar-refractivity contribution in [3.05, 3.63) is 29.3 Å². The molecule has 5 nitrogen and oxygen atoms in total. The number of fused-ring (bicyclic) bond motifs is 2. The summed E-state index contributed by atoms with van der Waals surface area (Å²) in [7, 11) is 0. The molecule has 0 heterocycles. The highest BCUT2D eigenvalue weighted by molar-refractivity contribution is 5.77. The van der Waals surface area contributed by atoms with Gasteiger partial charge >= 0.3 is 6.18 Å². The van der Waals surface area contributed by atoms with Gasteiger partial charge in [-0.25, -0.2) is 0 Å². The van der Waals surface area contributed by atoms with Gasteiger partial charge in [0.2, 0.25) is 0 Å². The van der Waals surface area contributed by atoms with Crippen LogP contribution in [0.25, 0.3) is 0 Å². The van der Waals surface area contributed by atoms with Crippen LogP contribution in [-0.2, 0) is 17.6 Å². The number of benzene rings is 1. The fourth-order valence-corrected chi connectivity index (χ4v) is 5.49. The average Bonchev–Trinajstić information content (AvgIpc) is 3.06. The number of halogens is 3. The molecule has 0 bridgehead atoms. The zero-order chi connectivity index (χ0) is 24.0. The van der Waals surface area contributed by atoms with E-state index >= 15 is 0 Å². The van der Waals surface area contributed by atoms with Gasteiger partial charge in [-0.3, -0.25) is 4.79 Å². The number of carbonyl (C=O) groups excluding carboxylic acids is 1. The van der Waals surface area contributed by atoms with Gasteiger partial charge in [-0.15, -0.1) is 0 Å². The van der Waals surface area contributed by atoms with Gasteiger partial charge in [0.25, 0.3) is 5.91 Å². The molecule has 1 aromatic rings. The first-order valence-electron chi connectivity index (χ1n) is 12.1. The molecule has 5 atom stereocenters. The Morgan fingerprint density at radius 1 is 1.24 bits per heavy atom. The largest absolute Gasteiger partial charge is 0.483 e. The Bertz CT molecular complexity index is 785. The number of carbonyl (C=O) groups is 1. The van der Waals surface area contributed by atoms with E-state index in [1.807, 2.05) is 17.4 Å². The van der Waals surface area contributed by atoms with Crippen LogP contribution >= 0.6 is 0 Å². The third-order valence-corrected chi connectivity index (χ3v) is 7.16. The highest BCUT2D eigenvalue weighted by Crippen LogP contribution is 2.48. The summed E-state index contributed by atoms with van der Waals surface area (Å²) in [6.45, 7) is 0.293. The topological polar surface area (TPSA) is 78.8 Å². The summed E-state index contributed by atoms with van der Waals surface area (Å²) in [4.78, 5) is 11.7. The SMILES string of the molecule is CCCCC[C@@H](O)CCC1[C@H](O)C[C@@H]2Cc3c(cccc3OCC(=O)NCC(F)(F)F)C[C@H]12. The van der Waals surface area contributed by atoms with Crippen LogP contribution in [0.15, 0.2) is 18.2 Å². The molecule has 33 heavy (non-hydrogen) atoms. The number of nitrogens with one attached hydrogen (secondary N) is 1. The first-order chi connectivity index (χ1) is 15.7. The minimum Gasteiger partial charge on any atom is -0.483 e. The van der Waals surface area contributed by atoms with Crippen LogP contribution in [-0.4, -0.2) is 47.7 Å². The van der Waals surface area contributed by atoms with Crippen molar-refractivity contribution in [1.29, 1.82) is 0 Å². The van der Waals surface area contributed by atoms with Gasteiger partial charge in [0, 0.05) is 0 Å². The molecule has 8 heteroatoms. The van der Waals surface area contributed by atoms with E-state index in [2.05, 4.69) is 6.92 Å².